The summed E-state index contributed by atoms with van der Waals surface area (Å²) in [5, 5.41) is 8.55. The molecule has 0 atom stereocenters. The van der Waals surface area contributed by atoms with E-state index in [1.165, 1.54) is 16.9 Å². The Labute approximate surface area is 144 Å². The van der Waals surface area contributed by atoms with Crippen LogP contribution in [0.1, 0.15) is 24.4 Å². The lowest BCUT2D eigenvalue weighted by Crippen LogP contribution is -2.42. The number of aromatic nitrogens is 4. The summed E-state index contributed by atoms with van der Waals surface area (Å²) in [6.45, 7) is 0.0428. The fourth-order valence-electron chi connectivity index (χ4n) is 2.96. The van der Waals surface area contributed by atoms with Crippen LogP contribution < -0.4 is 5.56 Å². The van der Waals surface area contributed by atoms with Crippen LogP contribution in [0.15, 0.2) is 35.3 Å². The maximum atomic E-state index is 13.8. The first-order valence-electron chi connectivity index (χ1n) is 7.61. The van der Waals surface area contributed by atoms with Gasteiger partial charge in [-0.1, -0.05) is 29.8 Å². The van der Waals surface area contributed by atoms with E-state index in [2.05, 4.69) is 10.2 Å². The third-order valence-corrected chi connectivity index (χ3v) is 4.74. The van der Waals surface area contributed by atoms with Crippen molar-refractivity contribution in [2.75, 3.05) is 0 Å². The summed E-state index contributed by atoms with van der Waals surface area (Å²) in [5.41, 5.74) is -0.178. The summed E-state index contributed by atoms with van der Waals surface area (Å²) in [5.74, 6) is -3.17. The Morgan fingerprint density at radius 1 is 1.28 bits per heavy atom. The molecule has 0 aliphatic heterocycles. The molecule has 0 unspecified atom stereocenters. The van der Waals surface area contributed by atoms with Gasteiger partial charge < -0.3 is 0 Å². The van der Waals surface area contributed by atoms with E-state index in [1.807, 2.05) is 0 Å². The number of benzene rings is 1. The quantitative estimate of drug-likeness (QED) is 0.712. The van der Waals surface area contributed by atoms with E-state index in [1.54, 1.807) is 18.2 Å². The van der Waals surface area contributed by atoms with Gasteiger partial charge in [0.1, 0.15) is 11.0 Å². The van der Waals surface area contributed by atoms with E-state index in [4.69, 9.17) is 11.6 Å². The summed E-state index contributed by atoms with van der Waals surface area (Å²) < 4.78 is 42.2. The monoisotopic (exact) mass is 368 g/mol. The molecule has 1 aromatic carbocycles. The standard InChI is InChI=1S/C16H12ClF3N4O/c17-14-11-7-21-24(10-5-16(19,20)6-10)15(25)13(11)22-23(14)8-9-3-1-2-4-12(9)18/h1-4,7,10H,5-6,8H2. The molecule has 4 rings (SSSR count). The molecule has 0 spiro atoms. The molecule has 0 amide bonds. The van der Waals surface area contributed by atoms with E-state index < -0.39 is 36.2 Å². The van der Waals surface area contributed by atoms with Gasteiger partial charge in [-0.25, -0.2) is 22.5 Å². The van der Waals surface area contributed by atoms with Gasteiger partial charge in [0.2, 0.25) is 0 Å². The van der Waals surface area contributed by atoms with Crippen LogP contribution in [0.2, 0.25) is 5.15 Å². The summed E-state index contributed by atoms with van der Waals surface area (Å²) in [6, 6.07) is 5.50. The zero-order chi connectivity index (χ0) is 17.8. The second kappa shape index (κ2) is 5.59. The molecule has 3 aromatic rings. The van der Waals surface area contributed by atoms with Crippen LogP contribution >= 0.6 is 11.6 Å². The average Bonchev–Trinajstić information content (AvgIpc) is 2.85. The lowest BCUT2D eigenvalue weighted by atomic mass is 9.88. The molecular formula is C16H12ClF3N4O. The zero-order valence-corrected chi connectivity index (χ0v) is 13.6. The highest BCUT2D eigenvalue weighted by Crippen LogP contribution is 2.44. The highest BCUT2D eigenvalue weighted by atomic mass is 35.5. The maximum Gasteiger partial charge on any atom is 0.295 e. The highest BCUT2D eigenvalue weighted by Gasteiger charge is 2.47. The van der Waals surface area contributed by atoms with Gasteiger partial charge >= 0.3 is 0 Å². The minimum Gasteiger partial charge on any atom is -0.265 e. The smallest absolute Gasteiger partial charge is 0.265 e. The van der Waals surface area contributed by atoms with Crippen molar-refractivity contribution < 1.29 is 13.2 Å². The van der Waals surface area contributed by atoms with Crippen molar-refractivity contribution in [3.63, 3.8) is 0 Å². The Balaban J connectivity index is 1.74. The Morgan fingerprint density at radius 3 is 2.68 bits per heavy atom. The molecule has 1 aliphatic rings. The zero-order valence-electron chi connectivity index (χ0n) is 12.8. The maximum absolute atomic E-state index is 13.8. The number of rotatable bonds is 3. The summed E-state index contributed by atoms with van der Waals surface area (Å²) >= 11 is 6.23. The molecule has 0 bridgehead atoms. The third kappa shape index (κ3) is 2.70. The van der Waals surface area contributed by atoms with Crippen LogP contribution in [0.3, 0.4) is 0 Å². The highest BCUT2D eigenvalue weighted by molar-refractivity contribution is 6.34. The number of alkyl halides is 2. The van der Waals surface area contributed by atoms with Crippen LogP contribution in [0.4, 0.5) is 13.2 Å². The van der Waals surface area contributed by atoms with Gasteiger partial charge in [-0.3, -0.25) is 4.79 Å². The van der Waals surface area contributed by atoms with Crippen LogP contribution in [-0.4, -0.2) is 25.5 Å². The molecule has 0 radical (unpaired) electrons. The number of halogens is 4. The van der Waals surface area contributed by atoms with Crippen molar-refractivity contribution in [1.82, 2.24) is 19.6 Å². The second-order valence-electron chi connectivity index (χ2n) is 6.11. The summed E-state index contributed by atoms with van der Waals surface area (Å²) in [6.07, 6.45) is 0.491. The molecule has 0 N–H and O–H groups in total. The summed E-state index contributed by atoms with van der Waals surface area (Å²) in [4.78, 5) is 12.5. The largest absolute Gasteiger partial charge is 0.295 e. The van der Waals surface area contributed by atoms with Crippen LogP contribution in [-0.2, 0) is 6.54 Å². The number of nitrogens with zero attached hydrogens (tertiary/aromatic N) is 4. The van der Waals surface area contributed by atoms with Crippen molar-refractivity contribution in [2.45, 2.75) is 31.4 Å². The van der Waals surface area contributed by atoms with E-state index >= 15 is 0 Å². The molecule has 9 heteroatoms. The van der Waals surface area contributed by atoms with E-state index in [0.717, 1.165) is 4.68 Å². The Kier molecular flexibility index (Phi) is 3.61. The van der Waals surface area contributed by atoms with Gasteiger partial charge in [-0.15, -0.1) is 0 Å². The van der Waals surface area contributed by atoms with Crippen LogP contribution in [0.5, 0.6) is 0 Å². The van der Waals surface area contributed by atoms with E-state index in [9.17, 15) is 18.0 Å². The summed E-state index contributed by atoms with van der Waals surface area (Å²) in [7, 11) is 0. The minimum atomic E-state index is -2.76. The number of fused-ring (bicyclic) bond motifs is 1. The molecule has 2 heterocycles. The Bertz CT molecular complexity index is 1020. The van der Waals surface area contributed by atoms with Gasteiger partial charge in [-0.2, -0.15) is 10.2 Å². The van der Waals surface area contributed by atoms with Gasteiger partial charge in [0, 0.05) is 18.4 Å². The number of hydrogen-bond donors (Lipinski definition) is 0. The predicted octanol–water partition coefficient (Wildman–Crippen LogP) is 3.40. The van der Waals surface area contributed by atoms with Crippen molar-refractivity contribution in [1.29, 1.82) is 0 Å². The fraction of sp³-hybridized carbons (Fsp3) is 0.312. The lowest BCUT2D eigenvalue weighted by Gasteiger charge is -2.34. The molecule has 5 nitrogen and oxygen atoms in total. The molecule has 2 aromatic heterocycles. The molecule has 1 saturated carbocycles. The average molecular weight is 369 g/mol. The Morgan fingerprint density at radius 2 is 2.00 bits per heavy atom. The van der Waals surface area contributed by atoms with Gasteiger partial charge in [-0.05, 0) is 6.07 Å². The SMILES string of the molecule is O=c1c2nn(Cc3ccccc3F)c(Cl)c2cnn1C1CC(F)(F)C1. The predicted molar refractivity (Wildman–Crippen MR) is 85.5 cm³/mol. The Hall–Kier alpha value is -2.35. The van der Waals surface area contributed by atoms with Gasteiger partial charge in [0.05, 0.1) is 24.2 Å². The molecule has 1 fully saturated rings. The van der Waals surface area contributed by atoms with E-state index in [-0.39, 0.29) is 17.2 Å². The molecule has 1 aliphatic carbocycles. The van der Waals surface area contributed by atoms with Crippen LogP contribution in [0.25, 0.3) is 10.9 Å². The third-order valence-electron chi connectivity index (χ3n) is 4.34. The van der Waals surface area contributed by atoms with Crippen LogP contribution in [0, 0.1) is 5.82 Å². The second-order valence-corrected chi connectivity index (χ2v) is 6.47. The normalized spacial score (nSPS) is 17.0. The molecular weight excluding hydrogens is 357 g/mol. The van der Waals surface area contributed by atoms with Gasteiger partial charge in [0.15, 0.2) is 5.52 Å². The van der Waals surface area contributed by atoms with Crippen molar-refractivity contribution in [2.24, 2.45) is 0 Å². The van der Waals surface area contributed by atoms with Crippen molar-refractivity contribution in [3.05, 3.63) is 57.3 Å². The molecule has 0 saturated heterocycles. The van der Waals surface area contributed by atoms with E-state index in [0.29, 0.717) is 10.9 Å². The first-order valence-corrected chi connectivity index (χ1v) is 7.98. The first kappa shape index (κ1) is 16.1. The van der Waals surface area contributed by atoms with Gasteiger partial charge in [0.25, 0.3) is 11.5 Å². The molecule has 130 valence electrons. The van der Waals surface area contributed by atoms with Crippen molar-refractivity contribution in [3.8, 4) is 0 Å². The minimum absolute atomic E-state index is 0.0338. The fourth-order valence-corrected chi connectivity index (χ4v) is 3.20. The lowest BCUT2D eigenvalue weighted by molar-refractivity contribution is -0.107. The first-order chi connectivity index (χ1) is 11.9. The number of hydrogen-bond acceptors (Lipinski definition) is 3. The van der Waals surface area contributed by atoms with Crippen molar-refractivity contribution >= 4 is 22.5 Å². The topological polar surface area (TPSA) is 52.7 Å². The molecule has 25 heavy (non-hydrogen) atoms.